The van der Waals surface area contributed by atoms with Gasteiger partial charge in [-0.15, -0.1) is 0 Å². The number of methoxy groups -OCH3 is 1. The van der Waals surface area contributed by atoms with Crippen molar-refractivity contribution in [2.45, 2.75) is 31.8 Å². The summed E-state index contributed by atoms with van der Waals surface area (Å²) in [7, 11) is 3.89. The second kappa shape index (κ2) is 6.26. The van der Waals surface area contributed by atoms with Gasteiger partial charge in [-0.1, -0.05) is 12.2 Å². The molecular weight excluding hydrogens is 188 g/mol. The van der Waals surface area contributed by atoms with Crippen LogP contribution in [0, 0.1) is 0 Å². The van der Waals surface area contributed by atoms with Crippen LogP contribution in [0.25, 0.3) is 0 Å². The Labute approximate surface area is 93.5 Å². The predicted octanol–water partition coefficient (Wildman–Crippen LogP) is 1.26. The van der Waals surface area contributed by atoms with Gasteiger partial charge in [-0.05, 0) is 26.8 Å². The lowest BCUT2D eigenvalue weighted by molar-refractivity contribution is 0.110. The zero-order chi connectivity index (χ0) is 11.3. The first-order chi connectivity index (χ1) is 7.13. The van der Waals surface area contributed by atoms with E-state index in [0.717, 1.165) is 25.7 Å². The second-order valence-electron chi connectivity index (χ2n) is 4.66. The molecule has 0 spiro atoms. The zero-order valence-electron chi connectivity index (χ0n) is 10.3. The first-order valence-electron chi connectivity index (χ1n) is 5.70. The quantitative estimate of drug-likeness (QED) is 0.613. The highest BCUT2D eigenvalue weighted by Gasteiger charge is 2.23. The Morgan fingerprint density at radius 1 is 1.60 bits per heavy atom. The zero-order valence-corrected chi connectivity index (χ0v) is 10.3. The van der Waals surface area contributed by atoms with Gasteiger partial charge >= 0.3 is 0 Å². The minimum Gasteiger partial charge on any atom is -0.383 e. The van der Waals surface area contributed by atoms with E-state index in [1.165, 1.54) is 18.4 Å². The molecule has 1 aliphatic carbocycles. The first-order valence-corrected chi connectivity index (χ1v) is 5.70. The lowest BCUT2D eigenvalue weighted by Gasteiger charge is -2.28. The van der Waals surface area contributed by atoms with Gasteiger partial charge in [-0.2, -0.15) is 0 Å². The summed E-state index contributed by atoms with van der Waals surface area (Å²) in [5.41, 5.74) is 1.20. The maximum Gasteiger partial charge on any atom is 0.0630 e. The number of rotatable bonds is 8. The number of ether oxygens (including phenoxy) is 1. The Balaban J connectivity index is 2.28. The summed E-state index contributed by atoms with van der Waals surface area (Å²) in [4.78, 5) is 2.31. The average Bonchev–Trinajstić information content (AvgIpc) is 2.94. The van der Waals surface area contributed by atoms with E-state index in [1.807, 2.05) is 0 Å². The minimum absolute atomic E-state index is 0.451. The number of nitrogens with one attached hydrogen (secondary N) is 1. The molecule has 1 atom stereocenters. The van der Waals surface area contributed by atoms with Gasteiger partial charge in [0.2, 0.25) is 0 Å². The third-order valence-electron chi connectivity index (χ3n) is 2.72. The van der Waals surface area contributed by atoms with Gasteiger partial charge in [0.1, 0.15) is 0 Å². The molecule has 0 bridgehead atoms. The molecule has 0 aromatic rings. The molecule has 88 valence electrons. The van der Waals surface area contributed by atoms with E-state index in [0.29, 0.717) is 6.04 Å². The van der Waals surface area contributed by atoms with Gasteiger partial charge in [0.25, 0.3) is 0 Å². The van der Waals surface area contributed by atoms with Crippen LogP contribution in [-0.2, 0) is 4.74 Å². The van der Waals surface area contributed by atoms with Crippen LogP contribution in [0.1, 0.15) is 19.8 Å². The third kappa shape index (κ3) is 5.30. The van der Waals surface area contributed by atoms with Crippen molar-refractivity contribution in [3.05, 3.63) is 12.2 Å². The summed E-state index contributed by atoms with van der Waals surface area (Å²) in [6.45, 7) is 8.75. The standard InChI is InChI=1S/C12H24N2O/c1-10(2)8-14(3)12(9-15-4)7-13-11-5-6-11/h11-13H,1,5-9H2,2-4H3. The van der Waals surface area contributed by atoms with Crippen LogP contribution in [0.3, 0.4) is 0 Å². The predicted molar refractivity (Wildman–Crippen MR) is 64.1 cm³/mol. The van der Waals surface area contributed by atoms with Gasteiger partial charge in [-0.3, -0.25) is 4.90 Å². The van der Waals surface area contributed by atoms with Crippen molar-refractivity contribution >= 4 is 0 Å². The van der Waals surface area contributed by atoms with Crippen molar-refractivity contribution in [2.75, 3.05) is 33.9 Å². The monoisotopic (exact) mass is 212 g/mol. The third-order valence-corrected chi connectivity index (χ3v) is 2.72. The Morgan fingerprint density at radius 2 is 2.27 bits per heavy atom. The Bertz CT molecular complexity index is 202. The maximum atomic E-state index is 5.25. The highest BCUT2D eigenvalue weighted by molar-refractivity contribution is 4.93. The largest absolute Gasteiger partial charge is 0.383 e. The molecule has 0 aromatic heterocycles. The lowest BCUT2D eigenvalue weighted by atomic mass is 10.2. The molecule has 1 saturated carbocycles. The van der Waals surface area contributed by atoms with Crippen molar-refractivity contribution in [1.29, 1.82) is 0 Å². The molecule has 1 aliphatic rings. The van der Waals surface area contributed by atoms with E-state index in [1.54, 1.807) is 7.11 Å². The molecule has 3 nitrogen and oxygen atoms in total. The highest BCUT2D eigenvalue weighted by atomic mass is 16.5. The summed E-state index contributed by atoms with van der Waals surface area (Å²) in [5.74, 6) is 0. The summed E-state index contributed by atoms with van der Waals surface area (Å²) in [6, 6.07) is 1.22. The van der Waals surface area contributed by atoms with Crippen LogP contribution in [0.4, 0.5) is 0 Å². The van der Waals surface area contributed by atoms with E-state index in [4.69, 9.17) is 4.74 Å². The second-order valence-corrected chi connectivity index (χ2v) is 4.66. The topological polar surface area (TPSA) is 24.5 Å². The van der Waals surface area contributed by atoms with Gasteiger partial charge in [0.15, 0.2) is 0 Å². The molecule has 1 fully saturated rings. The van der Waals surface area contributed by atoms with E-state index in [-0.39, 0.29) is 0 Å². The first kappa shape index (κ1) is 12.7. The van der Waals surface area contributed by atoms with Crippen LogP contribution < -0.4 is 5.32 Å². The summed E-state index contributed by atoms with van der Waals surface area (Å²) < 4.78 is 5.25. The SMILES string of the molecule is C=C(C)CN(C)C(CNC1CC1)COC. The van der Waals surface area contributed by atoms with Crippen LogP contribution in [0.2, 0.25) is 0 Å². The molecule has 3 heteroatoms. The molecule has 0 saturated heterocycles. The fourth-order valence-electron chi connectivity index (χ4n) is 1.68. The van der Waals surface area contributed by atoms with E-state index in [9.17, 15) is 0 Å². The van der Waals surface area contributed by atoms with Crippen LogP contribution in [0.15, 0.2) is 12.2 Å². The highest BCUT2D eigenvalue weighted by Crippen LogP contribution is 2.18. The minimum atomic E-state index is 0.451. The van der Waals surface area contributed by atoms with E-state index in [2.05, 4.69) is 30.8 Å². The van der Waals surface area contributed by atoms with E-state index < -0.39 is 0 Å². The molecule has 0 aliphatic heterocycles. The fourth-order valence-corrected chi connectivity index (χ4v) is 1.68. The number of hydrogen-bond acceptors (Lipinski definition) is 3. The summed E-state index contributed by atoms with van der Waals surface area (Å²) in [6.07, 6.45) is 2.67. The van der Waals surface area contributed by atoms with Gasteiger partial charge in [0.05, 0.1) is 6.61 Å². The van der Waals surface area contributed by atoms with Crippen molar-refractivity contribution in [3.63, 3.8) is 0 Å². The van der Waals surface area contributed by atoms with Crippen molar-refractivity contribution in [3.8, 4) is 0 Å². The van der Waals surface area contributed by atoms with Gasteiger partial charge in [0, 0.05) is 32.3 Å². The normalized spacial score (nSPS) is 18.1. The fraction of sp³-hybridized carbons (Fsp3) is 0.833. The summed E-state index contributed by atoms with van der Waals surface area (Å²) in [5, 5.41) is 3.54. The number of hydrogen-bond donors (Lipinski definition) is 1. The smallest absolute Gasteiger partial charge is 0.0630 e. The maximum absolute atomic E-state index is 5.25. The van der Waals surface area contributed by atoms with Crippen molar-refractivity contribution in [1.82, 2.24) is 10.2 Å². The molecule has 1 N–H and O–H groups in total. The number of nitrogens with zero attached hydrogens (tertiary/aromatic N) is 1. The molecule has 0 aromatic carbocycles. The van der Waals surface area contributed by atoms with Gasteiger partial charge in [-0.25, -0.2) is 0 Å². The molecule has 1 unspecified atom stereocenters. The van der Waals surface area contributed by atoms with Gasteiger partial charge < -0.3 is 10.1 Å². The van der Waals surface area contributed by atoms with Crippen LogP contribution >= 0.6 is 0 Å². The Morgan fingerprint density at radius 3 is 2.73 bits per heavy atom. The molecule has 0 heterocycles. The van der Waals surface area contributed by atoms with E-state index >= 15 is 0 Å². The molecule has 15 heavy (non-hydrogen) atoms. The molecular formula is C12H24N2O. The average molecular weight is 212 g/mol. The van der Waals surface area contributed by atoms with Crippen LogP contribution in [0.5, 0.6) is 0 Å². The molecule has 0 amide bonds. The molecule has 1 rings (SSSR count). The Hall–Kier alpha value is -0.380. The Kier molecular flexibility index (Phi) is 5.29. The number of likely N-dealkylation sites (N-methyl/N-ethyl adjacent to an activating group) is 1. The summed E-state index contributed by atoms with van der Waals surface area (Å²) >= 11 is 0. The molecule has 0 radical (unpaired) electrons. The van der Waals surface area contributed by atoms with Crippen molar-refractivity contribution in [2.24, 2.45) is 0 Å². The van der Waals surface area contributed by atoms with Crippen molar-refractivity contribution < 1.29 is 4.74 Å². The lowest BCUT2D eigenvalue weighted by Crippen LogP contribution is -2.44. The van der Waals surface area contributed by atoms with Crippen LogP contribution in [-0.4, -0.2) is 50.8 Å².